The lowest BCUT2D eigenvalue weighted by atomic mass is 10.0. The maximum Gasteiger partial charge on any atom is 0.252 e. The molecule has 1 amide bonds. The maximum absolute atomic E-state index is 13.4. The highest BCUT2D eigenvalue weighted by Gasteiger charge is 2.30. The molecule has 9 heteroatoms. The zero-order valence-corrected chi connectivity index (χ0v) is 14.8. The summed E-state index contributed by atoms with van der Waals surface area (Å²) in [6, 6.07) is 12.5. The Balaban J connectivity index is 1.51. The van der Waals surface area contributed by atoms with Crippen molar-refractivity contribution in [2.75, 3.05) is 13.2 Å². The van der Waals surface area contributed by atoms with Crippen molar-refractivity contribution in [1.82, 2.24) is 25.9 Å². The van der Waals surface area contributed by atoms with E-state index in [0.717, 1.165) is 0 Å². The molecule has 0 spiro atoms. The lowest BCUT2D eigenvalue weighted by Gasteiger charge is -2.32. The SMILES string of the molecule is O=C(N[C@@H]1COCC[C@@H]1Oc1cccc(F)c1)c1ccccc1-c1nn[nH]n1. The number of nitrogens with zero attached hydrogens (tertiary/aromatic N) is 3. The first-order valence-corrected chi connectivity index (χ1v) is 8.84. The average Bonchev–Trinajstić information content (AvgIpc) is 3.24. The lowest BCUT2D eigenvalue weighted by Crippen LogP contribution is -2.51. The Labute approximate surface area is 160 Å². The average molecular weight is 383 g/mol. The van der Waals surface area contributed by atoms with E-state index in [4.69, 9.17) is 9.47 Å². The Morgan fingerprint density at radius 1 is 1.25 bits per heavy atom. The molecule has 0 unspecified atom stereocenters. The zero-order valence-electron chi connectivity index (χ0n) is 14.8. The van der Waals surface area contributed by atoms with Gasteiger partial charge in [-0.2, -0.15) is 5.21 Å². The van der Waals surface area contributed by atoms with Crippen LogP contribution in [0.25, 0.3) is 11.4 Å². The fourth-order valence-electron chi connectivity index (χ4n) is 3.11. The summed E-state index contributed by atoms with van der Waals surface area (Å²) in [4.78, 5) is 12.9. The van der Waals surface area contributed by atoms with Crippen molar-refractivity contribution in [3.05, 3.63) is 59.9 Å². The van der Waals surface area contributed by atoms with Gasteiger partial charge in [0.15, 0.2) is 0 Å². The van der Waals surface area contributed by atoms with E-state index in [1.807, 2.05) is 0 Å². The van der Waals surface area contributed by atoms with Gasteiger partial charge in [-0.15, -0.1) is 10.2 Å². The number of nitrogens with one attached hydrogen (secondary N) is 2. The largest absolute Gasteiger partial charge is 0.488 e. The predicted molar refractivity (Wildman–Crippen MR) is 97.1 cm³/mol. The molecule has 2 aromatic carbocycles. The van der Waals surface area contributed by atoms with Crippen LogP contribution >= 0.6 is 0 Å². The third-order valence-electron chi connectivity index (χ3n) is 4.45. The zero-order chi connectivity index (χ0) is 19.3. The number of tetrazole rings is 1. The number of hydrogen-bond donors (Lipinski definition) is 2. The van der Waals surface area contributed by atoms with Gasteiger partial charge in [-0.3, -0.25) is 4.79 Å². The summed E-state index contributed by atoms with van der Waals surface area (Å²) in [5.41, 5.74) is 0.979. The number of benzene rings is 2. The molecule has 28 heavy (non-hydrogen) atoms. The minimum absolute atomic E-state index is 0.302. The molecule has 0 bridgehead atoms. The maximum atomic E-state index is 13.4. The number of halogens is 1. The van der Waals surface area contributed by atoms with Crippen LogP contribution < -0.4 is 10.1 Å². The van der Waals surface area contributed by atoms with Crippen molar-refractivity contribution < 1.29 is 18.7 Å². The van der Waals surface area contributed by atoms with E-state index >= 15 is 0 Å². The van der Waals surface area contributed by atoms with E-state index in [2.05, 4.69) is 25.9 Å². The second kappa shape index (κ2) is 8.13. The number of carbonyl (C=O) groups is 1. The van der Waals surface area contributed by atoms with Gasteiger partial charge in [0.05, 0.1) is 24.8 Å². The van der Waals surface area contributed by atoms with Crippen LogP contribution in [0, 0.1) is 5.82 Å². The number of H-pyrrole nitrogens is 1. The van der Waals surface area contributed by atoms with Crippen LogP contribution in [0.2, 0.25) is 0 Å². The van der Waals surface area contributed by atoms with Gasteiger partial charge in [0, 0.05) is 18.1 Å². The topological polar surface area (TPSA) is 102 Å². The van der Waals surface area contributed by atoms with E-state index in [9.17, 15) is 9.18 Å². The molecule has 1 aliphatic rings. The van der Waals surface area contributed by atoms with Crippen molar-refractivity contribution >= 4 is 5.91 Å². The monoisotopic (exact) mass is 383 g/mol. The Kier molecular flexibility index (Phi) is 5.24. The smallest absolute Gasteiger partial charge is 0.252 e. The van der Waals surface area contributed by atoms with Gasteiger partial charge >= 0.3 is 0 Å². The Bertz CT molecular complexity index is 950. The number of aromatic nitrogens is 4. The van der Waals surface area contributed by atoms with E-state index < -0.39 is 0 Å². The molecule has 2 atom stereocenters. The van der Waals surface area contributed by atoms with Crippen molar-refractivity contribution in [2.24, 2.45) is 0 Å². The molecule has 1 fully saturated rings. The van der Waals surface area contributed by atoms with Crippen molar-refractivity contribution in [3.63, 3.8) is 0 Å². The van der Waals surface area contributed by atoms with Crippen LogP contribution in [-0.2, 0) is 4.74 Å². The second-order valence-electron chi connectivity index (χ2n) is 6.34. The van der Waals surface area contributed by atoms with Gasteiger partial charge < -0.3 is 14.8 Å². The summed E-state index contributed by atoms with van der Waals surface area (Å²) in [5, 5.41) is 16.8. The molecule has 2 heterocycles. The van der Waals surface area contributed by atoms with Crippen LogP contribution in [0.15, 0.2) is 48.5 Å². The Hall–Kier alpha value is -3.33. The summed E-state index contributed by atoms with van der Waals surface area (Å²) in [6.07, 6.45) is 0.241. The minimum Gasteiger partial charge on any atom is -0.488 e. The number of hydrogen-bond acceptors (Lipinski definition) is 6. The summed E-state index contributed by atoms with van der Waals surface area (Å²) < 4.78 is 24.9. The summed E-state index contributed by atoms with van der Waals surface area (Å²) in [7, 11) is 0. The van der Waals surface area contributed by atoms with E-state index in [-0.39, 0.29) is 23.9 Å². The minimum atomic E-state index is -0.386. The highest BCUT2D eigenvalue weighted by atomic mass is 19.1. The first-order chi connectivity index (χ1) is 13.7. The van der Waals surface area contributed by atoms with Crippen LogP contribution in [-0.4, -0.2) is 51.9 Å². The third-order valence-corrected chi connectivity index (χ3v) is 4.45. The van der Waals surface area contributed by atoms with Crippen LogP contribution in [0.4, 0.5) is 4.39 Å². The number of aromatic amines is 1. The van der Waals surface area contributed by atoms with E-state index in [1.165, 1.54) is 12.1 Å². The van der Waals surface area contributed by atoms with Gasteiger partial charge in [-0.25, -0.2) is 4.39 Å². The highest BCUT2D eigenvalue weighted by molar-refractivity contribution is 6.00. The molecule has 3 aromatic rings. The molecule has 1 saturated heterocycles. The first-order valence-electron chi connectivity index (χ1n) is 8.84. The van der Waals surface area contributed by atoms with Crippen molar-refractivity contribution in [3.8, 4) is 17.1 Å². The summed E-state index contributed by atoms with van der Waals surface area (Å²) >= 11 is 0. The normalized spacial score (nSPS) is 19.2. The van der Waals surface area contributed by atoms with Crippen molar-refractivity contribution in [2.45, 2.75) is 18.6 Å². The van der Waals surface area contributed by atoms with Gasteiger partial charge in [0.25, 0.3) is 5.91 Å². The second-order valence-corrected chi connectivity index (χ2v) is 6.34. The fourth-order valence-corrected chi connectivity index (χ4v) is 3.11. The van der Waals surface area contributed by atoms with E-state index in [1.54, 1.807) is 36.4 Å². The lowest BCUT2D eigenvalue weighted by molar-refractivity contribution is -0.00296. The molecule has 0 aliphatic carbocycles. The molecule has 4 rings (SSSR count). The van der Waals surface area contributed by atoms with Crippen LogP contribution in [0.1, 0.15) is 16.8 Å². The van der Waals surface area contributed by atoms with Crippen LogP contribution in [0.3, 0.4) is 0 Å². The standard InChI is InChI=1S/C19H18FN5O3/c20-12-4-3-5-13(10-12)28-17-8-9-27-11-16(17)21-19(26)15-7-2-1-6-14(15)18-22-24-25-23-18/h1-7,10,16-17H,8-9,11H2,(H,21,26)(H,22,23,24,25)/t16-,17+/m1/s1. The molecular formula is C19H18FN5O3. The fraction of sp³-hybridized carbons (Fsp3) is 0.263. The van der Waals surface area contributed by atoms with Gasteiger partial charge in [-0.05, 0) is 23.4 Å². The van der Waals surface area contributed by atoms with Crippen molar-refractivity contribution in [1.29, 1.82) is 0 Å². The van der Waals surface area contributed by atoms with E-state index in [0.29, 0.717) is 42.3 Å². The number of ether oxygens (including phenoxy) is 2. The first kappa shape index (κ1) is 18.1. The summed E-state index contributed by atoms with van der Waals surface area (Å²) in [6.45, 7) is 0.807. The third kappa shape index (κ3) is 3.99. The molecule has 0 radical (unpaired) electrons. The molecule has 8 nitrogen and oxygen atoms in total. The highest BCUT2D eigenvalue weighted by Crippen LogP contribution is 2.22. The van der Waals surface area contributed by atoms with Crippen LogP contribution in [0.5, 0.6) is 5.75 Å². The predicted octanol–water partition coefficient (Wildman–Crippen LogP) is 1.97. The molecule has 144 valence electrons. The van der Waals surface area contributed by atoms with Gasteiger partial charge in [0.2, 0.25) is 5.82 Å². The quantitative estimate of drug-likeness (QED) is 0.698. The Morgan fingerprint density at radius 2 is 2.14 bits per heavy atom. The molecule has 2 N–H and O–H groups in total. The number of carbonyl (C=O) groups excluding carboxylic acids is 1. The Morgan fingerprint density at radius 3 is 2.96 bits per heavy atom. The molecular weight excluding hydrogens is 365 g/mol. The van der Waals surface area contributed by atoms with Gasteiger partial charge in [0.1, 0.15) is 17.7 Å². The molecule has 1 aliphatic heterocycles. The summed E-state index contributed by atoms with van der Waals surface area (Å²) in [5.74, 6) is 0.0690. The molecule has 1 aromatic heterocycles. The van der Waals surface area contributed by atoms with Gasteiger partial charge in [-0.1, -0.05) is 24.3 Å². The molecule has 0 saturated carbocycles. The number of amides is 1. The number of rotatable bonds is 5.